The molecule has 1 aliphatic rings. The molecule has 4 nitrogen and oxygen atoms in total. The molecule has 0 aromatic heterocycles. The molecule has 0 spiro atoms. The topological polar surface area (TPSA) is 58.5 Å². The first kappa shape index (κ1) is 13.5. The Balaban J connectivity index is 2.21. The van der Waals surface area contributed by atoms with Crippen molar-refractivity contribution in [3.8, 4) is 0 Å². The molecule has 0 bridgehead atoms. The predicted octanol–water partition coefficient (Wildman–Crippen LogP) is 2.23. The first-order chi connectivity index (χ1) is 8.47. The number of nitrogens with one attached hydrogen (secondary N) is 1. The van der Waals surface area contributed by atoms with Crippen LogP contribution in [0.4, 0.5) is 0 Å². The first-order valence-electron chi connectivity index (χ1n) is 5.76. The fourth-order valence-corrected chi connectivity index (χ4v) is 3.12. The number of amidine groups is 1. The number of benzene rings is 1. The Morgan fingerprint density at radius 3 is 2.56 bits per heavy atom. The summed E-state index contributed by atoms with van der Waals surface area (Å²) in [5.74, 6) is 0.547. The Hall–Kier alpha value is -0.880. The van der Waals surface area contributed by atoms with Crippen molar-refractivity contribution in [2.24, 2.45) is 4.40 Å². The molecular formula is C12H15BrN2O2S. The van der Waals surface area contributed by atoms with Gasteiger partial charge in [0.25, 0.3) is 10.0 Å². The number of hydrogen-bond acceptors (Lipinski definition) is 2. The lowest BCUT2D eigenvalue weighted by atomic mass is 10.1. The zero-order valence-corrected chi connectivity index (χ0v) is 12.5. The summed E-state index contributed by atoms with van der Waals surface area (Å²) in [7, 11) is -3.58. The van der Waals surface area contributed by atoms with E-state index in [2.05, 4.69) is 25.6 Å². The van der Waals surface area contributed by atoms with Gasteiger partial charge < -0.3 is 5.32 Å². The van der Waals surface area contributed by atoms with Gasteiger partial charge in [0.15, 0.2) is 0 Å². The average molecular weight is 331 g/mol. The zero-order valence-electron chi connectivity index (χ0n) is 10.1. The molecule has 1 atom stereocenters. The molecule has 1 N–H and O–H groups in total. The Morgan fingerprint density at radius 1 is 1.33 bits per heavy atom. The van der Waals surface area contributed by atoms with Crippen LogP contribution in [0.15, 0.2) is 33.6 Å². The highest BCUT2D eigenvalue weighted by molar-refractivity contribution is 9.09. The number of nitrogens with zero attached hydrogens (tertiary/aromatic N) is 1. The molecular weight excluding hydrogens is 316 g/mol. The summed E-state index contributed by atoms with van der Waals surface area (Å²) in [5, 5.41) is 3.03. The first-order valence-corrected chi connectivity index (χ1v) is 8.11. The van der Waals surface area contributed by atoms with E-state index in [-0.39, 0.29) is 4.90 Å². The van der Waals surface area contributed by atoms with Crippen LogP contribution in [0, 0.1) is 6.92 Å². The summed E-state index contributed by atoms with van der Waals surface area (Å²) in [5.41, 5.74) is 1.03. The molecule has 1 aromatic carbocycles. The van der Waals surface area contributed by atoms with Crippen LogP contribution in [0.5, 0.6) is 0 Å². The van der Waals surface area contributed by atoms with Crippen molar-refractivity contribution in [2.75, 3.05) is 6.54 Å². The van der Waals surface area contributed by atoms with Crippen molar-refractivity contribution in [3.05, 3.63) is 29.8 Å². The number of sulfonamides is 1. The lowest BCUT2D eigenvalue weighted by molar-refractivity contribution is 0.596. The third-order valence-electron chi connectivity index (χ3n) is 2.77. The van der Waals surface area contributed by atoms with Crippen molar-refractivity contribution in [2.45, 2.75) is 29.5 Å². The Kier molecular flexibility index (Phi) is 4.07. The second-order valence-corrected chi connectivity index (χ2v) is 7.24. The van der Waals surface area contributed by atoms with Crippen molar-refractivity contribution in [1.82, 2.24) is 5.32 Å². The lowest BCUT2D eigenvalue weighted by Crippen LogP contribution is -2.35. The van der Waals surface area contributed by atoms with E-state index in [1.54, 1.807) is 24.3 Å². The fourth-order valence-electron chi connectivity index (χ4n) is 1.70. The summed E-state index contributed by atoms with van der Waals surface area (Å²) < 4.78 is 28.0. The van der Waals surface area contributed by atoms with Gasteiger partial charge in [0.2, 0.25) is 0 Å². The molecule has 0 radical (unpaired) electrons. The molecule has 1 unspecified atom stereocenters. The van der Waals surface area contributed by atoms with Gasteiger partial charge in [-0.1, -0.05) is 33.6 Å². The van der Waals surface area contributed by atoms with Crippen LogP contribution >= 0.6 is 15.9 Å². The predicted molar refractivity (Wildman–Crippen MR) is 75.8 cm³/mol. The van der Waals surface area contributed by atoms with Gasteiger partial charge in [-0.05, 0) is 25.5 Å². The molecule has 18 heavy (non-hydrogen) atoms. The lowest BCUT2D eigenvalue weighted by Gasteiger charge is -2.19. The van der Waals surface area contributed by atoms with E-state index in [9.17, 15) is 8.42 Å². The van der Waals surface area contributed by atoms with E-state index >= 15 is 0 Å². The van der Waals surface area contributed by atoms with Crippen LogP contribution in [0.3, 0.4) is 0 Å². The van der Waals surface area contributed by atoms with Crippen LogP contribution < -0.4 is 5.32 Å². The maximum absolute atomic E-state index is 12.1. The summed E-state index contributed by atoms with van der Waals surface area (Å²) in [6.07, 6.45) is 1.55. The molecule has 1 fully saturated rings. The maximum Gasteiger partial charge on any atom is 0.283 e. The molecule has 2 rings (SSSR count). The minimum atomic E-state index is -3.58. The Morgan fingerprint density at radius 2 is 2.00 bits per heavy atom. The van der Waals surface area contributed by atoms with E-state index < -0.39 is 10.0 Å². The summed E-state index contributed by atoms with van der Waals surface area (Å²) >= 11 is 3.48. The van der Waals surface area contributed by atoms with Gasteiger partial charge in [-0.15, -0.1) is 4.40 Å². The van der Waals surface area contributed by atoms with Gasteiger partial charge in [-0.3, -0.25) is 0 Å². The molecule has 0 saturated carbocycles. The quantitative estimate of drug-likeness (QED) is 0.846. The van der Waals surface area contributed by atoms with Gasteiger partial charge in [0.05, 0.1) is 4.90 Å². The van der Waals surface area contributed by atoms with Gasteiger partial charge in [-0.25, -0.2) is 0 Å². The minimum absolute atomic E-state index is 0.239. The second kappa shape index (κ2) is 5.40. The maximum atomic E-state index is 12.1. The van der Waals surface area contributed by atoms with Crippen molar-refractivity contribution < 1.29 is 8.42 Å². The van der Waals surface area contributed by atoms with E-state index in [1.165, 1.54) is 0 Å². The van der Waals surface area contributed by atoms with Crippen LogP contribution in [0.1, 0.15) is 18.4 Å². The number of halogens is 1. The third-order valence-corrected chi connectivity index (χ3v) is 4.88. The average Bonchev–Trinajstić information content (AvgIpc) is 2.32. The molecule has 6 heteroatoms. The smallest absolute Gasteiger partial charge is 0.283 e. The standard InChI is InChI=1S/C12H15BrN2O2S/c1-9-2-5-11(6-3-9)18(16,17)15-12-7-4-10(13)8-14-12/h2-3,5-6,10H,4,7-8H2,1H3,(H,14,15). The van der Waals surface area contributed by atoms with Crippen molar-refractivity contribution in [1.29, 1.82) is 0 Å². The van der Waals surface area contributed by atoms with Crippen LogP contribution in [0.2, 0.25) is 0 Å². The normalized spacial score (nSPS) is 22.8. The third kappa shape index (κ3) is 3.32. The molecule has 1 saturated heterocycles. The van der Waals surface area contributed by atoms with Crippen LogP contribution in [-0.2, 0) is 10.0 Å². The number of rotatable bonds is 2. The summed E-state index contributed by atoms with van der Waals surface area (Å²) in [6.45, 7) is 2.63. The van der Waals surface area contributed by atoms with Gasteiger partial charge in [-0.2, -0.15) is 8.42 Å². The Labute approximate surface area is 116 Å². The summed E-state index contributed by atoms with van der Waals surface area (Å²) in [6, 6.07) is 6.72. The van der Waals surface area contributed by atoms with Crippen molar-refractivity contribution in [3.63, 3.8) is 0 Å². The summed E-state index contributed by atoms with van der Waals surface area (Å²) in [4.78, 5) is 0.627. The van der Waals surface area contributed by atoms with E-state index in [1.807, 2.05) is 6.92 Å². The highest BCUT2D eigenvalue weighted by Gasteiger charge is 2.18. The van der Waals surface area contributed by atoms with Crippen LogP contribution in [-0.4, -0.2) is 25.6 Å². The van der Waals surface area contributed by atoms with Crippen molar-refractivity contribution >= 4 is 31.8 Å². The number of hydrogen-bond donors (Lipinski definition) is 1. The van der Waals surface area contributed by atoms with Gasteiger partial charge in [0.1, 0.15) is 5.84 Å². The van der Waals surface area contributed by atoms with E-state index in [4.69, 9.17) is 0 Å². The molecule has 0 amide bonds. The van der Waals surface area contributed by atoms with E-state index in [0.29, 0.717) is 23.6 Å². The molecule has 1 heterocycles. The molecule has 0 aliphatic carbocycles. The monoisotopic (exact) mass is 330 g/mol. The number of piperidine rings is 1. The van der Waals surface area contributed by atoms with E-state index in [0.717, 1.165) is 12.0 Å². The molecule has 1 aliphatic heterocycles. The fraction of sp³-hybridized carbons (Fsp3) is 0.417. The van der Waals surface area contributed by atoms with Gasteiger partial charge in [0, 0.05) is 17.8 Å². The largest absolute Gasteiger partial charge is 0.372 e. The number of alkyl halides is 1. The highest BCUT2D eigenvalue weighted by Crippen LogP contribution is 2.16. The SMILES string of the molecule is Cc1ccc(S(=O)(=O)/N=C2/CCC(Br)CN2)cc1. The van der Waals surface area contributed by atoms with Crippen LogP contribution in [0.25, 0.3) is 0 Å². The highest BCUT2D eigenvalue weighted by atomic mass is 79.9. The zero-order chi connectivity index (χ0) is 13.2. The van der Waals surface area contributed by atoms with Gasteiger partial charge >= 0.3 is 0 Å². The minimum Gasteiger partial charge on any atom is -0.372 e. The second-order valence-electron chi connectivity index (χ2n) is 4.34. The number of aryl methyl sites for hydroxylation is 1. The molecule has 1 aromatic rings. The Bertz CT molecular complexity index is 542. The molecule has 98 valence electrons.